The van der Waals surface area contributed by atoms with E-state index in [1.54, 1.807) is 12.1 Å². The van der Waals surface area contributed by atoms with Crippen LogP contribution >= 0.6 is 11.8 Å². The molecule has 1 rings (SSSR count). The SMILES string of the molecule is CCSCCC(C)NC(=O)CCOc1ccccc1N. The van der Waals surface area contributed by atoms with Gasteiger partial charge in [0.2, 0.25) is 5.91 Å². The number of nitrogens with two attached hydrogens (primary N) is 1. The van der Waals surface area contributed by atoms with Gasteiger partial charge in [-0.05, 0) is 37.0 Å². The second-order valence-corrected chi connectivity index (χ2v) is 5.98. The van der Waals surface area contributed by atoms with Crippen molar-refractivity contribution in [2.24, 2.45) is 0 Å². The van der Waals surface area contributed by atoms with Gasteiger partial charge in [0.25, 0.3) is 0 Å². The number of nitrogens with one attached hydrogen (secondary N) is 1. The summed E-state index contributed by atoms with van der Waals surface area (Å²) in [7, 11) is 0. The largest absolute Gasteiger partial charge is 0.491 e. The van der Waals surface area contributed by atoms with Gasteiger partial charge in [-0.1, -0.05) is 19.1 Å². The van der Waals surface area contributed by atoms with E-state index in [1.807, 2.05) is 30.8 Å². The Morgan fingerprint density at radius 2 is 2.20 bits per heavy atom. The molecule has 1 aromatic rings. The Kier molecular flexibility index (Phi) is 7.95. The van der Waals surface area contributed by atoms with Gasteiger partial charge in [0, 0.05) is 6.04 Å². The number of hydrogen-bond donors (Lipinski definition) is 2. The molecule has 0 radical (unpaired) electrons. The third kappa shape index (κ3) is 6.70. The molecule has 1 amide bonds. The highest BCUT2D eigenvalue weighted by Gasteiger charge is 2.07. The zero-order chi connectivity index (χ0) is 14.8. The molecule has 112 valence electrons. The lowest BCUT2D eigenvalue weighted by Gasteiger charge is -2.14. The standard InChI is InChI=1S/C15H24N2O2S/c1-3-20-11-9-12(2)17-15(18)8-10-19-14-7-5-4-6-13(14)16/h4-7,12H,3,8-11,16H2,1-2H3,(H,17,18). The van der Waals surface area contributed by atoms with Crippen molar-refractivity contribution in [1.82, 2.24) is 5.32 Å². The highest BCUT2D eigenvalue weighted by atomic mass is 32.2. The molecule has 0 spiro atoms. The number of carbonyl (C=O) groups excluding carboxylic acids is 1. The van der Waals surface area contributed by atoms with Crippen LogP contribution in [0.2, 0.25) is 0 Å². The van der Waals surface area contributed by atoms with Crippen LogP contribution in [0.5, 0.6) is 5.75 Å². The van der Waals surface area contributed by atoms with Crippen LogP contribution in [0.1, 0.15) is 26.7 Å². The zero-order valence-electron chi connectivity index (χ0n) is 12.2. The average molecular weight is 296 g/mol. The van der Waals surface area contributed by atoms with E-state index < -0.39 is 0 Å². The Balaban J connectivity index is 2.18. The van der Waals surface area contributed by atoms with Gasteiger partial charge < -0.3 is 15.8 Å². The molecule has 0 aliphatic rings. The number of benzene rings is 1. The zero-order valence-corrected chi connectivity index (χ0v) is 13.0. The molecule has 0 saturated heterocycles. The highest BCUT2D eigenvalue weighted by molar-refractivity contribution is 7.99. The van der Waals surface area contributed by atoms with Crippen LogP contribution in [0.3, 0.4) is 0 Å². The number of ether oxygens (including phenoxy) is 1. The molecule has 1 aromatic carbocycles. The van der Waals surface area contributed by atoms with Crippen molar-refractivity contribution in [3.8, 4) is 5.75 Å². The molecule has 0 aliphatic heterocycles. The Hall–Kier alpha value is -1.36. The fourth-order valence-corrected chi connectivity index (χ4v) is 2.50. The summed E-state index contributed by atoms with van der Waals surface area (Å²) in [6.45, 7) is 4.52. The summed E-state index contributed by atoms with van der Waals surface area (Å²) < 4.78 is 5.50. The number of para-hydroxylation sites is 2. The summed E-state index contributed by atoms with van der Waals surface area (Å²) in [5.74, 6) is 2.85. The number of rotatable bonds is 9. The Morgan fingerprint density at radius 1 is 1.45 bits per heavy atom. The molecule has 5 heteroatoms. The van der Waals surface area contributed by atoms with Gasteiger partial charge in [-0.15, -0.1) is 0 Å². The molecule has 0 bridgehead atoms. The van der Waals surface area contributed by atoms with Gasteiger partial charge >= 0.3 is 0 Å². The lowest BCUT2D eigenvalue weighted by molar-refractivity contribution is -0.122. The molecular weight excluding hydrogens is 272 g/mol. The second-order valence-electron chi connectivity index (χ2n) is 4.59. The molecule has 3 N–H and O–H groups in total. The second kappa shape index (κ2) is 9.53. The summed E-state index contributed by atoms with van der Waals surface area (Å²) >= 11 is 1.89. The van der Waals surface area contributed by atoms with Crippen molar-refractivity contribution in [2.75, 3.05) is 23.8 Å². The summed E-state index contributed by atoms with van der Waals surface area (Å²) in [6, 6.07) is 7.51. The minimum Gasteiger partial charge on any atom is -0.491 e. The molecule has 0 heterocycles. The fourth-order valence-electron chi connectivity index (χ4n) is 1.69. The van der Waals surface area contributed by atoms with Crippen molar-refractivity contribution in [3.05, 3.63) is 24.3 Å². The Morgan fingerprint density at radius 3 is 2.90 bits per heavy atom. The van der Waals surface area contributed by atoms with Crippen LogP contribution in [-0.4, -0.2) is 30.1 Å². The quantitative estimate of drug-likeness (QED) is 0.543. The monoisotopic (exact) mass is 296 g/mol. The Bertz CT molecular complexity index is 413. The number of hydrogen-bond acceptors (Lipinski definition) is 4. The number of amides is 1. The topological polar surface area (TPSA) is 64.3 Å². The Labute approximate surface area is 125 Å². The van der Waals surface area contributed by atoms with Crippen LogP contribution in [0.25, 0.3) is 0 Å². The number of carbonyl (C=O) groups is 1. The van der Waals surface area contributed by atoms with Crippen LogP contribution in [0.15, 0.2) is 24.3 Å². The van der Waals surface area contributed by atoms with Crippen molar-refractivity contribution >= 4 is 23.4 Å². The van der Waals surface area contributed by atoms with E-state index in [0.717, 1.165) is 17.9 Å². The molecule has 1 atom stereocenters. The van der Waals surface area contributed by atoms with Crippen LogP contribution in [0, 0.1) is 0 Å². The van der Waals surface area contributed by atoms with Crippen molar-refractivity contribution in [3.63, 3.8) is 0 Å². The first kappa shape index (κ1) is 16.7. The van der Waals surface area contributed by atoms with E-state index in [1.165, 1.54) is 0 Å². The van der Waals surface area contributed by atoms with Crippen LogP contribution in [-0.2, 0) is 4.79 Å². The minimum atomic E-state index is 0.0218. The van der Waals surface area contributed by atoms with Gasteiger partial charge in [-0.2, -0.15) is 11.8 Å². The van der Waals surface area contributed by atoms with Crippen LogP contribution in [0.4, 0.5) is 5.69 Å². The normalized spacial score (nSPS) is 11.9. The van der Waals surface area contributed by atoms with Crippen molar-refractivity contribution in [2.45, 2.75) is 32.7 Å². The molecule has 0 aliphatic carbocycles. The lowest BCUT2D eigenvalue weighted by atomic mass is 10.2. The summed E-state index contributed by atoms with van der Waals surface area (Å²) in [5, 5.41) is 2.98. The number of nitrogen functional groups attached to an aromatic ring is 1. The summed E-state index contributed by atoms with van der Waals surface area (Å²) in [6.07, 6.45) is 1.34. The van der Waals surface area contributed by atoms with Gasteiger partial charge in [0.05, 0.1) is 18.7 Å². The third-order valence-corrected chi connectivity index (χ3v) is 3.75. The fraction of sp³-hybridized carbons (Fsp3) is 0.533. The highest BCUT2D eigenvalue weighted by Crippen LogP contribution is 2.19. The first-order chi connectivity index (χ1) is 9.63. The van der Waals surface area contributed by atoms with E-state index in [4.69, 9.17) is 10.5 Å². The number of anilines is 1. The predicted molar refractivity (Wildman–Crippen MR) is 86.2 cm³/mol. The minimum absolute atomic E-state index is 0.0218. The van der Waals surface area contributed by atoms with Gasteiger partial charge in [-0.3, -0.25) is 4.79 Å². The molecule has 0 fully saturated rings. The van der Waals surface area contributed by atoms with E-state index in [-0.39, 0.29) is 11.9 Å². The summed E-state index contributed by atoms with van der Waals surface area (Å²) in [5.41, 5.74) is 6.35. The molecular formula is C15H24N2O2S. The van der Waals surface area contributed by atoms with E-state index in [0.29, 0.717) is 24.5 Å². The maximum absolute atomic E-state index is 11.7. The molecule has 0 saturated carbocycles. The first-order valence-corrected chi connectivity index (χ1v) is 8.13. The predicted octanol–water partition coefficient (Wildman–Crippen LogP) is 2.69. The van der Waals surface area contributed by atoms with Crippen molar-refractivity contribution in [1.29, 1.82) is 0 Å². The maximum Gasteiger partial charge on any atom is 0.223 e. The van der Waals surface area contributed by atoms with Crippen molar-refractivity contribution < 1.29 is 9.53 Å². The molecule has 20 heavy (non-hydrogen) atoms. The molecule has 4 nitrogen and oxygen atoms in total. The van der Waals surface area contributed by atoms with Gasteiger partial charge in [0.1, 0.15) is 5.75 Å². The van der Waals surface area contributed by atoms with Gasteiger partial charge in [0.15, 0.2) is 0 Å². The average Bonchev–Trinajstić information content (AvgIpc) is 2.41. The van der Waals surface area contributed by atoms with E-state index in [9.17, 15) is 4.79 Å². The first-order valence-electron chi connectivity index (χ1n) is 6.98. The van der Waals surface area contributed by atoms with Gasteiger partial charge in [-0.25, -0.2) is 0 Å². The molecule has 1 unspecified atom stereocenters. The van der Waals surface area contributed by atoms with Crippen LogP contribution < -0.4 is 15.8 Å². The smallest absolute Gasteiger partial charge is 0.223 e. The van der Waals surface area contributed by atoms with E-state index in [2.05, 4.69) is 12.2 Å². The van der Waals surface area contributed by atoms with E-state index >= 15 is 0 Å². The maximum atomic E-state index is 11.7. The lowest BCUT2D eigenvalue weighted by Crippen LogP contribution is -2.33. The molecule has 0 aromatic heterocycles. The summed E-state index contributed by atoms with van der Waals surface area (Å²) in [4.78, 5) is 11.7. The third-order valence-electron chi connectivity index (χ3n) is 2.81. The number of thioether (sulfide) groups is 1.